The highest BCUT2D eigenvalue weighted by Crippen LogP contribution is 2.20. The number of hydrogen-bond donors (Lipinski definition) is 1. The topological polar surface area (TPSA) is 58.9 Å². The standard InChI is InChI=1S/C11H12N2O2/c1-7(2)8-4-3-5-9(6-8)10-12-11(14)15-13-10/h3-7H,1-2H3,(H,12,13,14). The fourth-order valence-corrected chi connectivity index (χ4v) is 1.40. The van der Waals surface area contributed by atoms with Gasteiger partial charge < -0.3 is 0 Å². The third-order valence-electron chi connectivity index (χ3n) is 2.27. The van der Waals surface area contributed by atoms with Crippen molar-refractivity contribution in [1.29, 1.82) is 0 Å². The molecule has 0 radical (unpaired) electrons. The van der Waals surface area contributed by atoms with Crippen molar-refractivity contribution in [2.24, 2.45) is 0 Å². The average molecular weight is 204 g/mol. The van der Waals surface area contributed by atoms with Gasteiger partial charge in [-0.3, -0.25) is 9.51 Å². The minimum absolute atomic E-state index is 0.448. The van der Waals surface area contributed by atoms with Crippen LogP contribution in [0, 0.1) is 0 Å². The molecule has 1 aromatic carbocycles. The fraction of sp³-hybridized carbons (Fsp3) is 0.273. The van der Waals surface area contributed by atoms with Gasteiger partial charge in [-0.25, -0.2) is 4.79 Å². The summed E-state index contributed by atoms with van der Waals surface area (Å²) < 4.78 is 4.46. The van der Waals surface area contributed by atoms with Crippen molar-refractivity contribution < 1.29 is 4.52 Å². The van der Waals surface area contributed by atoms with Crippen molar-refractivity contribution in [3.05, 3.63) is 40.4 Å². The van der Waals surface area contributed by atoms with Gasteiger partial charge in [0.2, 0.25) is 0 Å². The van der Waals surface area contributed by atoms with Crippen LogP contribution in [0.5, 0.6) is 0 Å². The summed E-state index contributed by atoms with van der Waals surface area (Å²) in [5.74, 6) is 0.394. The van der Waals surface area contributed by atoms with Gasteiger partial charge >= 0.3 is 5.76 Å². The maximum atomic E-state index is 10.8. The lowest BCUT2D eigenvalue weighted by molar-refractivity contribution is 0.388. The lowest BCUT2D eigenvalue weighted by Crippen LogP contribution is -1.95. The quantitative estimate of drug-likeness (QED) is 0.815. The summed E-state index contributed by atoms with van der Waals surface area (Å²) in [6, 6.07) is 7.88. The van der Waals surface area contributed by atoms with E-state index in [4.69, 9.17) is 0 Å². The van der Waals surface area contributed by atoms with Crippen LogP contribution in [0.25, 0.3) is 11.4 Å². The van der Waals surface area contributed by atoms with E-state index in [1.54, 1.807) is 0 Å². The predicted molar refractivity (Wildman–Crippen MR) is 56.6 cm³/mol. The molecule has 2 aromatic rings. The molecule has 0 aliphatic heterocycles. The van der Waals surface area contributed by atoms with Crippen LogP contribution >= 0.6 is 0 Å². The average Bonchev–Trinajstić information content (AvgIpc) is 2.65. The molecule has 0 aliphatic carbocycles. The molecule has 78 valence electrons. The minimum atomic E-state index is -0.528. The summed E-state index contributed by atoms with van der Waals surface area (Å²) in [5, 5.41) is 3.64. The molecule has 0 aliphatic rings. The molecule has 15 heavy (non-hydrogen) atoms. The maximum absolute atomic E-state index is 10.8. The molecule has 0 saturated carbocycles. The normalized spacial score (nSPS) is 10.9. The molecule has 0 saturated heterocycles. The Morgan fingerprint density at radius 3 is 2.80 bits per heavy atom. The number of aromatic nitrogens is 2. The molecule has 0 spiro atoms. The van der Waals surface area contributed by atoms with E-state index < -0.39 is 5.76 Å². The van der Waals surface area contributed by atoms with E-state index in [9.17, 15) is 4.79 Å². The Morgan fingerprint density at radius 1 is 1.40 bits per heavy atom. The van der Waals surface area contributed by atoms with E-state index in [0.29, 0.717) is 11.7 Å². The van der Waals surface area contributed by atoms with Gasteiger partial charge in [-0.1, -0.05) is 37.2 Å². The molecule has 2 rings (SSSR count). The molecular formula is C11H12N2O2. The SMILES string of the molecule is CC(C)c1cccc(-c2noc(=O)[nH]2)c1. The second kappa shape index (κ2) is 3.73. The summed E-state index contributed by atoms with van der Waals surface area (Å²) in [6.07, 6.45) is 0. The van der Waals surface area contributed by atoms with Crippen molar-refractivity contribution >= 4 is 0 Å². The number of hydrogen-bond acceptors (Lipinski definition) is 3. The molecule has 1 heterocycles. The van der Waals surface area contributed by atoms with Gasteiger partial charge in [0.1, 0.15) is 0 Å². The largest absolute Gasteiger partial charge is 0.439 e. The van der Waals surface area contributed by atoms with Crippen LogP contribution in [0.15, 0.2) is 33.6 Å². The lowest BCUT2D eigenvalue weighted by Gasteiger charge is -2.05. The molecule has 0 fully saturated rings. The van der Waals surface area contributed by atoms with Crippen molar-refractivity contribution in [3.63, 3.8) is 0 Å². The second-order valence-electron chi connectivity index (χ2n) is 3.72. The summed E-state index contributed by atoms with van der Waals surface area (Å²) in [4.78, 5) is 13.3. The van der Waals surface area contributed by atoms with Gasteiger partial charge in [-0.15, -0.1) is 0 Å². The van der Waals surface area contributed by atoms with Crippen LogP contribution in [0.3, 0.4) is 0 Å². The highest BCUT2D eigenvalue weighted by atomic mass is 16.5. The van der Waals surface area contributed by atoms with Crippen LogP contribution in [0.2, 0.25) is 0 Å². The number of rotatable bonds is 2. The van der Waals surface area contributed by atoms with Gasteiger partial charge in [-0.2, -0.15) is 0 Å². The molecule has 1 N–H and O–H groups in total. The zero-order valence-electron chi connectivity index (χ0n) is 8.65. The summed E-state index contributed by atoms with van der Waals surface area (Å²) in [5.41, 5.74) is 2.07. The summed E-state index contributed by atoms with van der Waals surface area (Å²) in [7, 11) is 0. The third-order valence-corrected chi connectivity index (χ3v) is 2.27. The number of H-pyrrole nitrogens is 1. The van der Waals surface area contributed by atoms with Gasteiger partial charge in [0.15, 0.2) is 5.82 Å². The van der Waals surface area contributed by atoms with Gasteiger partial charge in [0.05, 0.1) is 0 Å². The Balaban J connectivity index is 2.45. The molecule has 0 unspecified atom stereocenters. The number of nitrogens with one attached hydrogen (secondary N) is 1. The Bertz CT molecular complexity index is 511. The number of nitrogens with zero attached hydrogens (tertiary/aromatic N) is 1. The lowest BCUT2D eigenvalue weighted by atomic mass is 10.0. The monoisotopic (exact) mass is 204 g/mol. The Kier molecular flexibility index (Phi) is 2.41. The first kappa shape index (κ1) is 9.71. The molecule has 0 atom stereocenters. The van der Waals surface area contributed by atoms with Gasteiger partial charge in [0, 0.05) is 5.56 Å². The van der Waals surface area contributed by atoms with E-state index in [0.717, 1.165) is 5.56 Å². The third kappa shape index (κ3) is 1.98. The van der Waals surface area contributed by atoms with Crippen LogP contribution < -0.4 is 5.76 Å². The fourth-order valence-electron chi connectivity index (χ4n) is 1.40. The predicted octanol–water partition coefficient (Wildman–Crippen LogP) is 2.15. The molecule has 1 aromatic heterocycles. The van der Waals surface area contributed by atoms with E-state index in [1.165, 1.54) is 5.56 Å². The zero-order chi connectivity index (χ0) is 10.8. The number of aromatic amines is 1. The Morgan fingerprint density at radius 2 is 2.20 bits per heavy atom. The van der Waals surface area contributed by atoms with E-state index >= 15 is 0 Å². The molecule has 4 heteroatoms. The summed E-state index contributed by atoms with van der Waals surface area (Å²) >= 11 is 0. The van der Waals surface area contributed by atoms with Gasteiger partial charge in [-0.05, 0) is 17.5 Å². The highest BCUT2D eigenvalue weighted by molar-refractivity contribution is 5.55. The smallest absolute Gasteiger partial charge is 0.296 e. The van der Waals surface area contributed by atoms with Crippen molar-refractivity contribution in [3.8, 4) is 11.4 Å². The maximum Gasteiger partial charge on any atom is 0.439 e. The van der Waals surface area contributed by atoms with E-state index in [1.807, 2.05) is 24.3 Å². The van der Waals surface area contributed by atoms with E-state index in [-0.39, 0.29) is 0 Å². The van der Waals surface area contributed by atoms with Crippen molar-refractivity contribution in [1.82, 2.24) is 10.1 Å². The zero-order valence-corrected chi connectivity index (χ0v) is 8.65. The molecule has 0 bridgehead atoms. The molecule has 4 nitrogen and oxygen atoms in total. The second-order valence-corrected chi connectivity index (χ2v) is 3.72. The highest BCUT2D eigenvalue weighted by Gasteiger charge is 2.06. The van der Waals surface area contributed by atoms with Crippen molar-refractivity contribution in [2.75, 3.05) is 0 Å². The molecular weight excluding hydrogens is 192 g/mol. The van der Waals surface area contributed by atoms with E-state index in [2.05, 4.69) is 28.5 Å². The van der Waals surface area contributed by atoms with Crippen molar-refractivity contribution in [2.45, 2.75) is 19.8 Å². The first-order chi connectivity index (χ1) is 7.16. The van der Waals surface area contributed by atoms with Crippen LogP contribution in [-0.2, 0) is 0 Å². The summed E-state index contributed by atoms with van der Waals surface area (Å²) in [6.45, 7) is 4.23. The van der Waals surface area contributed by atoms with Gasteiger partial charge in [0.25, 0.3) is 0 Å². The van der Waals surface area contributed by atoms with Crippen LogP contribution in [-0.4, -0.2) is 10.1 Å². The first-order valence-electron chi connectivity index (χ1n) is 4.83. The first-order valence-corrected chi connectivity index (χ1v) is 4.83. The minimum Gasteiger partial charge on any atom is -0.296 e. The van der Waals surface area contributed by atoms with Crippen LogP contribution in [0.1, 0.15) is 25.3 Å². The Labute approximate surface area is 86.9 Å². The number of benzene rings is 1. The Hall–Kier alpha value is -1.84. The van der Waals surface area contributed by atoms with Crippen LogP contribution in [0.4, 0.5) is 0 Å². The molecule has 0 amide bonds.